The summed E-state index contributed by atoms with van der Waals surface area (Å²) in [6.45, 7) is 2.99. The third-order valence-electron chi connectivity index (χ3n) is 3.51. The molecule has 5 nitrogen and oxygen atoms in total. The van der Waals surface area contributed by atoms with Crippen LogP contribution in [0, 0.1) is 0 Å². The highest BCUT2D eigenvalue weighted by atomic mass is 79.9. The number of benzene rings is 1. The number of aryl methyl sites for hydroxylation is 1. The van der Waals surface area contributed by atoms with Gasteiger partial charge in [0.05, 0.1) is 17.4 Å². The van der Waals surface area contributed by atoms with Gasteiger partial charge in [0.1, 0.15) is 5.01 Å². The maximum absolute atomic E-state index is 4.75. The molecule has 1 aromatic carbocycles. The molecule has 0 bridgehead atoms. The van der Waals surface area contributed by atoms with Gasteiger partial charge in [0.2, 0.25) is 0 Å². The minimum Gasteiger partial charge on any atom is -0.308 e. The number of thiazole rings is 1. The first-order valence-electron chi connectivity index (χ1n) is 7.42. The molecule has 0 saturated heterocycles. The molecule has 0 aliphatic rings. The number of aromatic nitrogens is 4. The highest BCUT2D eigenvalue weighted by Gasteiger charge is 2.11. The highest BCUT2D eigenvalue weighted by Crippen LogP contribution is 2.26. The highest BCUT2D eigenvalue weighted by molar-refractivity contribution is 9.10. The van der Waals surface area contributed by atoms with Gasteiger partial charge in [-0.25, -0.2) is 4.98 Å². The standard InChI is InChI=1S/C16H18BrN5S/c1-11(18-8-7-14-9-22(2)21-20-14)16-19-15(10-23-16)12-3-5-13(17)6-4-12/h3-6,9-11,18H,7-8H2,1-2H3. The SMILES string of the molecule is CC(NCCc1cn(C)nn1)c1nc(-c2ccc(Br)cc2)cs1. The lowest BCUT2D eigenvalue weighted by Crippen LogP contribution is -2.21. The van der Waals surface area contributed by atoms with Crippen LogP contribution < -0.4 is 5.32 Å². The molecule has 3 rings (SSSR count). The van der Waals surface area contributed by atoms with Gasteiger partial charge in [-0.3, -0.25) is 4.68 Å². The van der Waals surface area contributed by atoms with Crippen molar-refractivity contribution in [2.45, 2.75) is 19.4 Å². The average Bonchev–Trinajstić information content (AvgIpc) is 3.17. The molecule has 0 aliphatic heterocycles. The summed E-state index contributed by atoms with van der Waals surface area (Å²) in [6, 6.07) is 8.46. The van der Waals surface area contributed by atoms with Gasteiger partial charge in [0, 0.05) is 41.6 Å². The van der Waals surface area contributed by atoms with E-state index in [0.717, 1.165) is 39.4 Å². The zero-order valence-electron chi connectivity index (χ0n) is 13.0. The van der Waals surface area contributed by atoms with Crippen molar-refractivity contribution in [1.29, 1.82) is 0 Å². The number of nitrogens with zero attached hydrogens (tertiary/aromatic N) is 4. The van der Waals surface area contributed by atoms with E-state index in [-0.39, 0.29) is 6.04 Å². The number of rotatable bonds is 6. The molecule has 1 N–H and O–H groups in total. The molecule has 3 aromatic rings. The summed E-state index contributed by atoms with van der Waals surface area (Å²) in [5, 5.41) is 14.7. The number of nitrogens with one attached hydrogen (secondary N) is 1. The maximum Gasteiger partial charge on any atom is 0.110 e. The lowest BCUT2D eigenvalue weighted by molar-refractivity contribution is 0.571. The van der Waals surface area contributed by atoms with E-state index in [1.54, 1.807) is 16.0 Å². The van der Waals surface area contributed by atoms with Gasteiger partial charge in [0.15, 0.2) is 0 Å². The summed E-state index contributed by atoms with van der Waals surface area (Å²) < 4.78 is 2.81. The van der Waals surface area contributed by atoms with E-state index >= 15 is 0 Å². The molecule has 1 unspecified atom stereocenters. The molecule has 2 heterocycles. The minimum absolute atomic E-state index is 0.223. The Labute approximate surface area is 147 Å². The first-order chi connectivity index (χ1) is 11.1. The van der Waals surface area contributed by atoms with Crippen LogP contribution >= 0.6 is 27.3 Å². The monoisotopic (exact) mass is 391 g/mol. The molecule has 0 fully saturated rings. The smallest absolute Gasteiger partial charge is 0.110 e. The lowest BCUT2D eigenvalue weighted by Gasteiger charge is -2.09. The van der Waals surface area contributed by atoms with Crippen molar-refractivity contribution in [2.24, 2.45) is 7.05 Å². The van der Waals surface area contributed by atoms with Crippen LogP contribution in [0.3, 0.4) is 0 Å². The van der Waals surface area contributed by atoms with Crippen LogP contribution in [-0.2, 0) is 13.5 Å². The van der Waals surface area contributed by atoms with Crippen molar-refractivity contribution in [3.05, 3.63) is 51.0 Å². The van der Waals surface area contributed by atoms with Crippen LogP contribution in [0.1, 0.15) is 23.7 Å². The van der Waals surface area contributed by atoms with Crippen LogP contribution in [0.5, 0.6) is 0 Å². The summed E-state index contributed by atoms with van der Waals surface area (Å²) in [6.07, 6.45) is 2.81. The summed E-state index contributed by atoms with van der Waals surface area (Å²) in [4.78, 5) is 4.75. The van der Waals surface area contributed by atoms with Gasteiger partial charge in [-0.1, -0.05) is 33.3 Å². The van der Waals surface area contributed by atoms with E-state index in [1.165, 1.54) is 0 Å². The van der Waals surface area contributed by atoms with E-state index < -0.39 is 0 Å². The fourth-order valence-corrected chi connectivity index (χ4v) is 3.38. The topological polar surface area (TPSA) is 55.6 Å². The Morgan fingerprint density at radius 3 is 2.78 bits per heavy atom. The summed E-state index contributed by atoms with van der Waals surface area (Å²) in [7, 11) is 1.88. The Bertz CT molecular complexity index is 765. The molecule has 1 atom stereocenters. The Morgan fingerprint density at radius 2 is 2.09 bits per heavy atom. The first-order valence-corrected chi connectivity index (χ1v) is 9.09. The van der Waals surface area contributed by atoms with E-state index in [4.69, 9.17) is 4.98 Å². The van der Waals surface area contributed by atoms with Gasteiger partial charge >= 0.3 is 0 Å². The Balaban J connectivity index is 1.57. The molecule has 0 radical (unpaired) electrons. The van der Waals surface area contributed by atoms with Gasteiger partial charge in [0.25, 0.3) is 0 Å². The fourth-order valence-electron chi connectivity index (χ4n) is 2.25. The zero-order chi connectivity index (χ0) is 16.2. The minimum atomic E-state index is 0.223. The fraction of sp³-hybridized carbons (Fsp3) is 0.312. The second kappa shape index (κ2) is 7.33. The molecule has 0 saturated carbocycles. The average molecular weight is 392 g/mol. The molecule has 0 spiro atoms. The first kappa shape index (κ1) is 16.3. The second-order valence-electron chi connectivity index (χ2n) is 5.39. The number of halogens is 1. The summed E-state index contributed by atoms with van der Waals surface area (Å²) in [5.74, 6) is 0. The van der Waals surface area contributed by atoms with Crippen molar-refractivity contribution < 1.29 is 0 Å². The normalized spacial score (nSPS) is 12.5. The van der Waals surface area contributed by atoms with Crippen molar-refractivity contribution in [3.63, 3.8) is 0 Å². The van der Waals surface area contributed by atoms with Crippen molar-refractivity contribution >= 4 is 27.3 Å². The van der Waals surface area contributed by atoms with Crippen molar-refractivity contribution in [2.75, 3.05) is 6.54 Å². The largest absolute Gasteiger partial charge is 0.308 e. The molecule has 2 aromatic heterocycles. The van der Waals surface area contributed by atoms with Gasteiger partial charge in [-0.15, -0.1) is 16.4 Å². The summed E-state index contributed by atoms with van der Waals surface area (Å²) >= 11 is 5.15. The molecule has 0 amide bonds. The lowest BCUT2D eigenvalue weighted by atomic mass is 10.2. The number of hydrogen-bond donors (Lipinski definition) is 1. The Hall–Kier alpha value is -1.57. The third-order valence-corrected chi connectivity index (χ3v) is 5.07. The molecule has 23 heavy (non-hydrogen) atoms. The molecular weight excluding hydrogens is 374 g/mol. The van der Waals surface area contributed by atoms with Crippen LogP contribution in [0.25, 0.3) is 11.3 Å². The van der Waals surface area contributed by atoms with E-state index in [9.17, 15) is 0 Å². The maximum atomic E-state index is 4.75. The quantitative estimate of drug-likeness (QED) is 0.697. The third kappa shape index (κ3) is 4.25. The van der Waals surface area contributed by atoms with Crippen LogP contribution in [0.15, 0.2) is 40.3 Å². The van der Waals surface area contributed by atoms with Crippen LogP contribution in [0.4, 0.5) is 0 Å². The molecule has 120 valence electrons. The van der Waals surface area contributed by atoms with Crippen LogP contribution in [0.2, 0.25) is 0 Å². The molecule has 7 heteroatoms. The predicted molar refractivity (Wildman–Crippen MR) is 96.4 cm³/mol. The second-order valence-corrected chi connectivity index (χ2v) is 7.19. The van der Waals surface area contributed by atoms with Crippen LogP contribution in [-0.4, -0.2) is 26.5 Å². The molecular formula is C16H18BrN5S. The predicted octanol–water partition coefficient (Wildman–Crippen LogP) is 3.59. The van der Waals surface area contributed by atoms with E-state index in [2.05, 4.69) is 56.0 Å². The van der Waals surface area contributed by atoms with E-state index in [0.29, 0.717) is 0 Å². The zero-order valence-corrected chi connectivity index (χ0v) is 15.4. The Morgan fingerprint density at radius 1 is 1.30 bits per heavy atom. The van der Waals surface area contributed by atoms with Crippen molar-refractivity contribution in [3.8, 4) is 11.3 Å². The van der Waals surface area contributed by atoms with E-state index in [1.807, 2.05) is 25.4 Å². The molecule has 0 aliphatic carbocycles. The van der Waals surface area contributed by atoms with Gasteiger partial charge in [-0.2, -0.15) is 0 Å². The van der Waals surface area contributed by atoms with Gasteiger partial charge < -0.3 is 5.32 Å². The van der Waals surface area contributed by atoms with Crippen molar-refractivity contribution in [1.82, 2.24) is 25.3 Å². The van der Waals surface area contributed by atoms with Gasteiger partial charge in [-0.05, 0) is 19.1 Å². The summed E-state index contributed by atoms with van der Waals surface area (Å²) in [5.41, 5.74) is 3.17. The number of hydrogen-bond acceptors (Lipinski definition) is 5. The Kier molecular flexibility index (Phi) is 5.20.